The maximum atomic E-state index is 13.3. The summed E-state index contributed by atoms with van der Waals surface area (Å²) in [6.07, 6.45) is 6.42. The number of carbonyl (C=O) groups is 3. The molecular weight excluding hydrogens is 395 g/mol. The number of urea groups is 1. The minimum atomic E-state index is -1.28. The zero-order valence-electron chi connectivity index (χ0n) is 17.7. The second-order valence-electron chi connectivity index (χ2n) is 8.47. The first kappa shape index (κ1) is 21.2. The molecule has 1 saturated carbocycles. The first-order valence-electron chi connectivity index (χ1n) is 11.0. The number of nitrogens with one attached hydrogen (secondary N) is 1. The Hall–Kier alpha value is -3.02. The van der Waals surface area contributed by atoms with Crippen molar-refractivity contribution >= 4 is 17.7 Å². The van der Waals surface area contributed by atoms with Crippen LogP contribution in [0.2, 0.25) is 0 Å². The Balaban J connectivity index is 1.49. The average molecular weight is 423 g/mol. The van der Waals surface area contributed by atoms with Gasteiger partial charge < -0.3 is 5.32 Å². The Bertz CT molecular complexity index is 981. The summed E-state index contributed by atoms with van der Waals surface area (Å²) in [5, 5.41) is 2.72. The van der Waals surface area contributed by atoms with Gasteiger partial charge in [0.15, 0.2) is 5.78 Å². The third-order valence-corrected chi connectivity index (χ3v) is 6.65. The summed E-state index contributed by atoms with van der Waals surface area (Å²) < 4.78 is 13.3. The zero-order valence-corrected chi connectivity index (χ0v) is 17.7. The van der Waals surface area contributed by atoms with Crippen molar-refractivity contribution in [1.82, 2.24) is 10.2 Å². The summed E-state index contributed by atoms with van der Waals surface area (Å²) in [5.74, 6) is -0.649. The molecule has 0 spiro atoms. The lowest BCUT2D eigenvalue weighted by molar-refractivity contribution is -0.131. The number of hydrogen-bond donors (Lipinski definition) is 1. The number of Topliss-reactive ketones (excluding diaryl/α,β-unsaturated/α-hetero) is 1. The van der Waals surface area contributed by atoms with E-state index < -0.39 is 23.3 Å². The minimum absolute atomic E-state index is 0.287. The van der Waals surface area contributed by atoms with Crippen LogP contribution in [0.3, 0.4) is 0 Å². The van der Waals surface area contributed by atoms with Crippen molar-refractivity contribution in [3.8, 4) is 0 Å². The molecule has 1 atom stereocenters. The van der Waals surface area contributed by atoms with Crippen LogP contribution in [-0.4, -0.2) is 29.2 Å². The Kier molecular flexibility index (Phi) is 5.90. The van der Waals surface area contributed by atoms with Gasteiger partial charge in [0, 0.05) is 5.56 Å². The van der Waals surface area contributed by atoms with E-state index in [2.05, 4.69) is 5.32 Å². The predicted octanol–water partition coefficient (Wildman–Crippen LogP) is 4.91. The van der Waals surface area contributed by atoms with Gasteiger partial charge in [-0.1, -0.05) is 62.6 Å². The average Bonchev–Trinajstić information content (AvgIpc) is 3.05. The number of nitrogens with zero attached hydrogens (tertiary/aromatic N) is 1. The Morgan fingerprint density at radius 1 is 1.03 bits per heavy atom. The molecule has 0 aromatic heterocycles. The number of benzene rings is 2. The SMILES string of the molecule is CC[C@@]1(c2ccc(F)cc2)NC(=O)N(CC(=O)c2ccc(C3CCCCC3)cc2)C1=O. The summed E-state index contributed by atoms with van der Waals surface area (Å²) >= 11 is 0. The van der Waals surface area contributed by atoms with Crippen molar-refractivity contribution in [2.45, 2.75) is 56.9 Å². The van der Waals surface area contributed by atoms with E-state index in [-0.39, 0.29) is 12.3 Å². The van der Waals surface area contributed by atoms with E-state index in [0.717, 1.165) is 4.90 Å². The number of carbonyl (C=O) groups excluding carboxylic acids is 3. The van der Waals surface area contributed by atoms with E-state index in [9.17, 15) is 18.8 Å². The fourth-order valence-corrected chi connectivity index (χ4v) is 4.76. The van der Waals surface area contributed by atoms with Crippen LogP contribution in [0.4, 0.5) is 9.18 Å². The monoisotopic (exact) mass is 422 g/mol. The molecule has 1 saturated heterocycles. The van der Waals surface area contributed by atoms with E-state index in [1.54, 1.807) is 19.1 Å². The first-order chi connectivity index (χ1) is 14.9. The Morgan fingerprint density at radius 2 is 1.68 bits per heavy atom. The van der Waals surface area contributed by atoms with Gasteiger partial charge in [-0.15, -0.1) is 0 Å². The van der Waals surface area contributed by atoms with Gasteiger partial charge in [-0.05, 0) is 48.4 Å². The number of rotatable bonds is 6. The molecule has 162 valence electrons. The third kappa shape index (κ3) is 3.99. The molecule has 2 aliphatic rings. The van der Waals surface area contributed by atoms with Crippen LogP contribution >= 0.6 is 0 Å². The number of amides is 3. The number of ketones is 1. The Labute approximate surface area is 181 Å². The number of imide groups is 1. The summed E-state index contributed by atoms with van der Waals surface area (Å²) in [4.78, 5) is 39.6. The molecule has 0 radical (unpaired) electrons. The molecule has 2 fully saturated rings. The van der Waals surface area contributed by atoms with Crippen LogP contribution in [0.1, 0.15) is 72.9 Å². The second kappa shape index (κ2) is 8.61. The molecule has 5 nitrogen and oxygen atoms in total. The molecule has 0 bridgehead atoms. The minimum Gasteiger partial charge on any atom is -0.319 e. The van der Waals surface area contributed by atoms with Crippen molar-refractivity contribution in [3.05, 3.63) is 71.0 Å². The lowest BCUT2D eigenvalue weighted by Crippen LogP contribution is -2.43. The van der Waals surface area contributed by atoms with Gasteiger partial charge in [0.2, 0.25) is 0 Å². The highest BCUT2D eigenvalue weighted by atomic mass is 19.1. The quantitative estimate of drug-likeness (QED) is 0.531. The maximum absolute atomic E-state index is 13.3. The topological polar surface area (TPSA) is 66.5 Å². The second-order valence-corrected chi connectivity index (χ2v) is 8.47. The van der Waals surface area contributed by atoms with Crippen LogP contribution in [0.15, 0.2) is 48.5 Å². The summed E-state index contributed by atoms with van der Waals surface area (Å²) in [6.45, 7) is 1.45. The normalized spacial score (nSPS) is 21.9. The molecule has 1 heterocycles. The third-order valence-electron chi connectivity index (χ3n) is 6.65. The fourth-order valence-electron chi connectivity index (χ4n) is 4.76. The largest absolute Gasteiger partial charge is 0.325 e. The van der Waals surface area contributed by atoms with E-state index in [0.29, 0.717) is 23.5 Å². The molecule has 0 unspecified atom stereocenters. The smallest absolute Gasteiger partial charge is 0.319 e. The lowest BCUT2D eigenvalue weighted by atomic mass is 9.84. The van der Waals surface area contributed by atoms with Crippen molar-refractivity contribution < 1.29 is 18.8 Å². The Morgan fingerprint density at radius 3 is 2.29 bits per heavy atom. The molecule has 2 aromatic rings. The highest BCUT2D eigenvalue weighted by Gasteiger charge is 2.51. The molecule has 2 aromatic carbocycles. The van der Waals surface area contributed by atoms with Gasteiger partial charge in [-0.25, -0.2) is 9.18 Å². The van der Waals surface area contributed by atoms with Gasteiger partial charge >= 0.3 is 6.03 Å². The van der Waals surface area contributed by atoms with E-state index in [1.165, 1.54) is 61.9 Å². The molecule has 31 heavy (non-hydrogen) atoms. The van der Waals surface area contributed by atoms with Crippen molar-refractivity contribution in [2.75, 3.05) is 6.54 Å². The van der Waals surface area contributed by atoms with Crippen molar-refractivity contribution in [1.29, 1.82) is 0 Å². The van der Waals surface area contributed by atoms with Crippen molar-refractivity contribution in [2.24, 2.45) is 0 Å². The molecular formula is C25H27FN2O3. The van der Waals surface area contributed by atoms with Crippen LogP contribution < -0.4 is 5.32 Å². The first-order valence-corrected chi connectivity index (χ1v) is 11.0. The standard InChI is InChI=1S/C25H27FN2O3/c1-2-25(20-12-14-21(26)15-13-20)23(30)28(24(31)27-25)16-22(29)19-10-8-18(9-11-19)17-6-4-3-5-7-17/h8-15,17H,2-7,16H2,1H3,(H,27,31)/t25-/m0/s1. The van der Waals surface area contributed by atoms with Gasteiger partial charge in [0.05, 0.1) is 6.54 Å². The highest BCUT2D eigenvalue weighted by Crippen LogP contribution is 2.34. The number of halogens is 1. The van der Waals surface area contributed by atoms with E-state index >= 15 is 0 Å². The summed E-state index contributed by atoms with van der Waals surface area (Å²) in [7, 11) is 0. The van der Waals surface area contributed by atoms with E-state index in [4.69, 9.17) is 0 Å². The predicted molar refractivity (Wildman–Crippen MR) is 115 cm³/mol. The van der Waals surface area contributed by atoms with Gasteiger partial charge in [-0.3, -0.25) is 14.5 Å². The molecule has 1 N–H and O–H groups in total. The maximum Gasteiger partial charge on any atom is 0.325 e. The molecule has 1 aliphatic heterocycles. The van der Waals surface area contributed by atoms with Gasteiger partial charge in [0.25, 0.3) is 5.91 Å². The van der Waals surface area contributed by atoms with Gasteiger partial charge in [-0.2, -0.15) is 0 Å². The van der Waals surface area contributed by atoms with Crippen LogP contribution in [0.25, 0.3) is 0 Å². The summed E-state index contributed by atoms with van der Waals surface area (Å²) in [6, 6.07) is 12.5. The van der Waals surface area contributed by atoms with Crippen LogP contribution in [0.5, 0.6) is 0 Å². The van der Waals surface area contributed by atoms with Gasteiger partial charge in [0.1, 0.15) is 11.4 Å². The number of hydrogen-bond acceptors (Lipinski definition) is 3. The molecule has 3 amide bonds. The fraction of sp³-hybridized carbons (Fsp3) is 0.400. The molecule has 4 rings (SSSR count). The zero-order chi connectivity index (χ0) is 22.0. The molecule has 1 aliphatic carbocycles. The van der Waals surface area contributed by atoms with Crippen LogP contribution in [0, 0.1) is 5.82 Å². The van der Waals surface area contributed by atoms with Crippen molar-refractivity contribution in [3.63, 3.8) is 0 Å². The summed E-state index contributed by atoms with van der Waals surface area (Å²) in [5.41, 5.74) is 0.945. The highest BCUT2D eigenvalue weighted by molar-refractivity contribution is 6.11. The van der Waals surface area contributed by atoms with Crippen LogP contribution in [-0.2, 0) is 10.3 Å². The van der Waals surface area contributed by atoms with E-state index in [1.807, 2.05) is 12.1 Å². The molecule has 6 heteroatoms. The lowest BCUT2D eigenvalue weighted by Gasteiger charge is -2.25.